The Labute approximate surface area is 141 Å². The first-order valence-electron chi connectivity index (χ1n) is 8.24. The van der Waals surface area contributed by atoms with Gasteiger partial charge in [0.25, 0.3) is 5.91 Å². The third kappa shape index (κ3) is 3.37. The van der Waals surface area contributed by atoms with Gasteiger partial charge in [-0.15, -0.1) is 0 Å². The van der Waals surface area contributed by atoms with E-state index in [1.165, 1.54) is 6.39 Å². The molecule has 3 heterocycles. The number of carbonyl (C=O) groups is 1. The Morgan fingerprint density at radius 3 is 3.00 bits per heavy atom. The van der Waals surface area contributed by atoms with E-state index in [2.05, 4.69) is 16.8 Å². The van der Waals surface area contributed by atoms with Crippen LogP contribution in [0.25, 0.3) is 11.5 Å². The molecule has 1 saturated heterocycles. The van der Waals surface area contributed by atoms with E-state index < -0.39 is 0 Å². The highest BCUT2D eigenvalue weighted by Crippen LogP contribution is 2.25. The average molecular weight is 333 g/mol. The molecule has 1 atom stereocenters. The first kappa shape index (κ1) is 16.7. The van der Waals surface area contributed by atoms with Crippen LogP contribution in [0.5, 0.6) is 0 Å². The van der Waals surface area contributed by atoms with Gasteiger partial charge in [-0.3, -0.25) is 9.69 Å². The molecule has 0 radical (unpaired) electrons. The van der Waals surface area contributed by atoms with Gasteiger partial charge in [-0.2, -0.15) is 0 Å². The minimum Gasteiger partial charge on any atom is -0.461 e. The Balaban J connectivity index is 1.72. The lowest BCUT2D eigenvalue weighted by Gasteiger charge is -2.40. The zero-order valence-electron chi connectivity index (χ0n) is 14.1. The molecule has 0 aromatic carbocycles. The molecule has 2 aromatic heterocycles. The van der Waals surface area contributed by atoms with E-state index in [9.17, 15) is 4.79 Å². The Kier molecular flexibility index (Phi) is 5.32. The van der Waals surface area contributed by atoms with Crippen molar-refractivity contribution in [3.05, 3.63) is 30.5 Å². The maximum absolute atomic E-state index is 12.9. The van der Waals surface area contributed by atoms with Crippen LogP contribution in [0.2, 0.25) is 0 Å². The summed E-state index contributed by atoms with van der Waals surface area (Å²) in [6, 6.07) is 3.85. The molecule has 2 aromatic rings. The van der Waals surface area contributed by atoms with Crippen LogP contribution in [0, 0.1) is 0 Å². The number of piperazine rings is 1. The topological polar surface area (TPSA) is 72.0 Å². The lowest BCUT2D eigenvalue weighted by Crippen LogP contribution is -2.55. The standard InChI is InChI=1S/C17H23N3O4/c1-3-13-11-20(7-6-19(13)8-10-22-2)17(21)15-16(24-12-18-15)14-5-4-9-23-14/h4-5,9,12-13H,3,6-8,10-11H2,1-2H3/t13-/m1/s1. The summed E-state index contributed by atoms with van der Waals surface area (Å²) >= 11 is 0. The quantitative estimate of drug-likeness (QED) is 0.806. The zero-order chi connectivity index (χ0) is 16.9. The molecule has 24 heavy (non-hydrogen) atoms. The van der Waals surface area contributed by atoms with Gasteiger partial charge in [0.05, 0.1) is 12.9 Å². The normalized spacial score (nSPS) is 18.9. The van der Waals surface area contributed by atoms with Crippen molar-refractivity contribution in [2.45, 2.75) is 19.4 Å². The van der Waals surface area contributed by atoms with E-state index in [1.54, 1.807) is 25.5 Å². The summed E-state index contributed by atoms with van der Waals surface area (Å²) < 4.78 is 15.9. The van der Waals surface area contributed by atoms with Gasteiger partial charge in [0.15, 0.2) is 17.8 Å². The first-order valence-corrected chi connectivity index (χ1v) is 8.24. The highest BCUT2D eigenvalue weighted by Gasteiger charge is 2.31. The highest BCUT2D eigenvalue weighted by molar-refractivity contribution is 5.97. The van der Waals surface area contributed by atoms with Crippen molar-refractivity contribution in [2.75, 3.05) is 39.9 Å². The van der Waals surface area contributed by atoms with Crippen molar-refractivity contribution < 1.29 is 18.4 Å². The van der Waals surface area contributed by atoms with E-state index >= 15 is 0 Å². The summed E-state index contributed by atoms with van der Waals surface area (Å²) in [6.45, 7) is 5.92. The van der Waals surface area contributed by atoms with Crippen LogP contribution in [0.3, 0.4) is 0 Å². The Morgan fingerprint density at radius 1 is 1.42 bits per heavy atom. The highest BCUT2D eigenvalue weighted by atomic mass is 16.5. The summed E-state index contributed by atoms with van der Waals surface area (Å²) in [7, 11) is 1.71. The average Bonchev–Trinajstić information content (AvgIpc) is 3.29. The Hall–Kier alpha value is -2.12. The second-order valence-corrected chi connectivity index (χ2v) is 5.85. The van der Waals surface area contributed by atoms with Crippen LogP contribution in [0.1, 0.15) is 23.8 Å². The fourth-order valence-electron chi connectivity index (χ4n) is 3.10. The second-order valence-electron chi connectivity index (χ2n) is 5.85. The third-order valence-electron chi connectivity index (χ3n) is 4.46. The van der Waals surface area contributed by atoms with Crippen LogP contribution in [0.15, 0.2) is 33.6 Å². The van der Waals surface area contributed by atoms with E-state index in [1.807, 2.05) is 4.90 Å². The predicted octanol–water partition coefficient (Wildman–Crippen LogP) is 2.12. The van der Waals surface area contributed by atoms with Gasteiger partial charge >= 0.3 is 0 Å². The minimum atomic E-state index is -0.111. The zero-order valence-corrected chi connectivity index (χ0v) is 14.1. The lowest BCUT2D eigenvalue weighted by atomic mass is 10.1. The molecule has 0 spiro atoms. The van der Waals surface area contributed by atoms with E-state index in [0.717, 1.165) is 19.5 Å². The van der Waals surface area contributed by atoms with E-state index in [4.69, 9.17) is 13.6 Å². The molecule has 130 valence electrons. The molecule has 7 heteroatoms. The number of hydrogen-bond acceptors (Lipinski definition) is 6. The number of methoxy groups -OCH3 is 1. The molecule has 1 aliphatic heterocycles. The van der Waals surface area contributed by atoms with Crippen molar-refractivity contribution in [1.29, 1.82) is 0 Å². The van der Waals surface area contributed by atoms with Crippen LogP contribution in [0.4, 0.5) is 0 Å². The molecule has 0 bridgehead atoms. The monoisotopic (exact) mass is 333 g/mol. The third-order valence-corrected chi connectivity index (χ3v) is 4.46. The number of carbonyl (C=O) groups excluding carboxylic acids is 1. The van der Waals surface area contributed by atoms with E-state index in [-0.39, 0.29) is 5.91 Å². The van der Waals surface area contributed by atoms with Gasteiger partial charge in [0.2, 0.25) is 5.76 Å². The number of oxazole rings is 1. The SMILES string of the molecule is CC[C@@H]1CN(C(=O)c2ncoc2-c2ccco2)CCN1CCOC. The van der Waals surface area contributed by atoms with Gasteiger partial charge in [0, 0.05) is 39.3 Å². The Bertz CT molecular complexity index is 653. The van der Waals surface area contributed by atoms with E-state index in [0.29, 0.717) is 43.0 Å². The smallest absolute Gasteiger partial charge is 0.276 e. The fraction of sp³-hybridized carbons (Fsp3) is 0.529. The summed E-state index contributed by atoms with van der Waals surface area (Å²) in [4.78, 5) is 21.2. The van der Waals surface area contributed by atoms with Crippen LogP contribution >= 0.6 is 0 Å². The van der Waals surface area contributed by atoms with Crippen LogP contribution < -0.4 is 0 Å². The Morgan fingerprint density at radius 2 is 2.29 bits per heavy atom. The lowest BCUT2D eigenvalue weighted by molar-refractivity contribution is 0.0381. The van der Waals surface area contributed by atoms with Crippen molar-refractivity contribution in [1.82, 2.24) is 14.8 Å². The molecule has 3 rings (SSSR count). The van der Waals surface area contributed by atoms with Crippen molar-refractivity contribution in [3.8, 4) is 11.5 Å². The minimum absolute atomic E-state index is 0.111. The molecule has 1 aliphatic rings. The van der Waals surface area contributed by atoms with Gasteiger partial charge in [-0.25, -0.2) is 4.98 Å². The number of aromatic nitrogens is 1. The number of nitrogens with zero attached hydrogens (tertiary/aromatic N) is 3. The van der Waals surface area contributed by atoms with Crippen LogP contribution in [-0.4, -0.2) is 66.6 Å². The molecule has 7 nitrogen and oxygen atoms in total. The molecule has 0 aliphatic carbocycles. The van der Waals surface area contributed by atoms with Crippen molar-refractivity contribution in [2.24, 2.45) is 0 Å². The maximum atomic E-state index is 12.9. The molecular formula is C17H23N3O4. The molecule has 0 N–H and O–H groups in total. The summed E-state index contributed by atoms with van der Waals surface area (Å²) in [6.07, 6.45) is 3.82. The second kappa shape index (κ2) is 7.63. The number of amides is 1. The number of furan rings is 1. The summed E-state index contributed by atoms with van der Waals surface area (Å²) in [5.74, 6) is 0.793. The molecule has 1 amide bonds. The fourth-order valence-corrected chi connectivity index (χ4v) is 3.10. The molecular weight excluding hydrogens is 310 g/mol. The first-order chi connectivity index (χ1) is 11.7. The predicted molar refractivity (Wildman–Crippen MR) is 87.6 cm³/mol. The van der Waals surface area contributed by atoms with Gasteiger partial charge in [-0.05, 0) is 18.6 Å². The van der Waals surface area contributed by atoms with Crippen LogP contribution in [-0.2, 0) is 4.74 Å². The van der Waals surface area contributed by atoms with Gasteiger partial charge in [0.1, 0.15) is 0 Å². The summed E-state index contributed by atoms with van der Waals surface area (Å²) in [5, 5.41) is 0. The number of hydrogen-bond donors (Lipinski definition) is 0. The molecule has 0 saturated carbocycles. The van der Waals surface area contributed by atoms with Crippen molar-refractivity contribution >= 4 is 5.91 Å². The van der Waals surface area contributed by atoms with Gasteiger partial charge in [-0.1, -0.05) is 6.92 Å². The summed E-state index contributed by atoms with van der Waals surface area (Å²) in [5.41, 5.74) is 0.310. The maximum Gasteiger partial charge on any atom is 0.276 e. The molecule has 0 unspecified atom stereocenters. The number of ether oxygens (including phenoxy) is 1. The van der Waals surface area contributed by atoms with Gasteiger partial charge < -0.3 is 18.5 Å². The van der Waals surface area contributed by atoms with Crippen molar-refractivity contribution in [3.63, 3.8) is 0 Å². The number of rotatable bonds is 6. The largest absolute Gasteiger partial charge is 0.461 e. The molecule has 1 fully saturated rings.